The fourth-order valence-corrected chi connectivity index (χ4v) is 3.97. The summed E-state index contributed by atoms with van der Waals surface area (Å²) in [4.78, 5) is 16.6. The van der Waals surface area contributed by atoms with Crippen molar-refractivity contribution in [3.63, 3.8) is 0 Å². The van der Waals surface area contributed by atoms with Gasteiger partial charge in [-0.15, -0.1) is 0 Å². The largest absolute Gasteiger partial charge is 0.390 e. The van der Waals surface area contributed by atoms with Crippen LogP contribution in [0.1, 0.15) is 58.9 Å². The minimum absolute atomic E-state index is 0.104. The fourth-order valence-electron chi connectivity index (χ4n) is 3.77. The number of benzene rings is 1. The Hall–Kier alpha value is -1.10. The SMILES string of the molecule is CC[C@H](C)N(C[C@H](O)[C@H]1CCC(=O)N1Cc1ccccc1Cl)[C@@H](C)CC. The minimum Gasteiger partial charge on any atom is -0.390 e. The average Bonchev–Trinajstić information content (AvgIpc) is 3.00. The number of nitrogens with zero attached hydrogens (tertiary/aromatic N) is 2. The zero-order valence-electron chi connectivity index (χ0n) is 16.5. The van der Waals surface area contributed by atoms with E-state index in [1.807, 2.05) is 29.2 Å². The van der Waals surface area contributed by atoms with Crippen LogP contribution >= 0.6 is 11.6 Å². The molecule has 0 radical (unpaired) electrons. The van der Waals surface area contributed by atoms with E-state index in [1.54, 1.807) is 0 Å². The van der Waals surface area contributed by atoms with Gasteiger partial charge >= 0.3 is 0 Å². The van der Waals surface area contributed by atoms with Gasteiger partial charge in [0.2, 0.25) is 5.91 Å². The van der Waals surface area contributed by atoms with E-state index in [1.165, 1.54) is 0 Å². The summed E-state index contributed by atoms with van der Waals surface area (Å²) >= 11 is 6.27. The molecule has 1 amide bonds. The number of aliphatic hydroxyl groups excluding tert-OH is 1. The van der Waals surface area contributed by atoms with Gasteiger partial charge < -0.3 is 10.0 Å². The summed E-state index contributed by atoms with van der Waals surface area (Å²) in [7, 11) is 0. The molecule has 1 N–H and O–H groups in total. The van der Waals surface area contributed by atoms with Gasteiger partial charge in [-0.1, -0.05) is 43.6 Å². The van der Waals surface area contributed by atoms with Crippen molar-refractivity contribution in [1.82, 2.24) is 9.80 Å². The summed E-state index contributed by atoms with van der Waals surface area (Å²) in [6.07, 6.45) is 2.75. The third kappa shape index (κ3) is 4.99. The third-order valence-corrected chi connectivity index (χ3v) is 6.20. The van der Waals surface area contributed by atoms with E-state index in [0.29, 0.717) is 43.0 Å². The molecule has 0 unspecified atom stereocenters. The van der Waals surface area contributed by atoms with Crippen LogP contribution in [-0.4, -0.2) is 51.6 Å². The molecule has 146 valence electrons. The number of halogens is 1. The van der Waals surface area contributed by atoms with E-state index >= 15 is 0 Å². The quantitative estimate of drug-likeness (QED) is 0.701. The molecule has 0 saturated carbocycles. The number of amides is 1. The Labute approximate surface area is 163 Å². The van der Waals surface area contributed by atoms with Crippen molar-refractivity contribution in [3.05, 3.63) is 34.9 Å². The van der Waals surface area contributed by atoms with Crippen molar-refractivity contribution in [3.8, 4) is 0 Å². The summed E-state index contributed by atoms with van der Waals surface area (Å²) in [5.41, 5.74) is 0.933. The van der Waals surface area contributed by atoms with Gasteiger partial charge in [0, 0.05) is 36.6 Å². The zero-order valence-corrected chi connectivity index (χ0v) is 17.2. The highest BCUT2D eigenvalue weighted by atomic mass is 35.5. The Morgan fingerprint density at radius 3 is 2.42 bits per heavy atom. The predicted octanol–water partition coefficient (Wildman–Crippen LogP) is 4.09. The molecule has 26 heavy (non-hydrogen) atoms. The summed E-state index contributed by atoms with van der Waals surface area (Å²) in [5, 5.41) is 11.6. The van der Waals surface area contributed by atoms with Gasteiger partial charge in [0.1, 0.15) is 0 Å². The molecule has 5 heteroatoms. The fraction of sp³-hybridized carbons (Fsp3) is 0.667. The summed E-state index contributed by atoms with van der Waals surface area (Å²) in [6, 6.07) is 8.29. The Morgan fingerprint density at radius 2 is 1.85 bits per heavy atom. The molecule has 0 aliphatic carbocycles. The molecular formula is C21H33ClN2O2. The minimum atomic E-state index is -0.549. The highest BCUT2D eigenvalue weighted by molar-refractivity contribution is 6.31. The van der Waals surface area contributed by atoms with E-state index in [2.05, 4.69) is 32.6 Å². The molecule has 2 rings (SSSR count). The lowest BCUT2D eigenvalue weighted by Crippen LogP contribution is -2.50. The summed E-state index contributed by atoms with van der Waals surface area (Å²) < 4.78 is 0. The second-order valence-electron chi connectivity index (χ2n) is 7.50. The van der Waals surface area contributed by atoms with Crippen LogP contribution in [0.4, 0.5) is 0 Å². The maximum absolute atomic E-state index is 12.4. The van der Waals surface area contributed by atoms with Gasteiger partial charge in [-0.25, -0.2) is 0 Å². The predicted molar refractivity (Wildman–Crippen MR) is 107 cm³/mol. The Kier molecular flexibility index (Phi) is 7.93. The van der Waals surface area contributed by atoms with E-state index in [-0.39, 0.29) is 11.9 Å². The summed E-state index contributed by atoms with van der Waals surface area (Å²) in [5.74, 6) is 0.104. The smallest absolute Gasteiger partial charge is 0.223 e. The van der Waals surface area contributed by atoms with E-state index in [9.17, 15) is 9.90 Å². The topological polar surface area (TPSA) is 43.8 Å². The van der Waals surface area contributed by atoms with Crippen LogP contribution < -0.4 is 0 Å². The van der Waals surface area contributed by atoms with E-state index in [0.717, 1.165) is 18.4 Å². The van der Waals surface area contributed by atoms with Crippen LogP contribution in [0, 0.1) is 0 Å². The number of hydrogen-bond acceptors (Lipinski definition) is 3. The van der Waals surface area contributed by atoms with Gasteiger partial charge in [-0.05, 0) is 44.7 Å². The average molecular weight is 381 g/mol. The zero-order chi connectivity index (χ0) is 19.3. The number of rotatable bonds is 9. The van der Waals surface area contributed by atoms with Crippen LogP contribution in [-0.2, 0) is 11.3 Å². The van der Waals surface area contributed by atoms with Crippen molar-refractivity contribution < 1.29 is 9.90 Å². The molecule has 1 aliphatic heterocycles. The normalized spacial score (nSPS) is 21.3. The number of carbonyl (C=O) groups excluding carboxylic acids is 1. The monoisotopic (exact) mass is 380 g/mol. The van der Waals surface area contributed by atoms with Crippen LogP contribution in [0.2, 0.25) is 5.02 Å². The molecule has 0 bridgehead atoms. The molecule has 1 heterocycles. The molecule has 1 aromatic rings. The molecular weight excluding hydrogens is 348 g/mol. The maximum atomic E-state index is 12.4. The van der Waals surface area contributed by atoms with Gasteiger partial charge in [0.05, 0.1) is 12.1 Å². The maximum Gasteiger partial charge on any atom is 0.223 e. The van der Waals surface area contributed by atoms with E-state index in [4.69, 9.17) is 11.6 Å². The molecule has 4 atom stereocenters. The van der Waals surface area contributed by atoms with Crippen LogP contribution in [0.25, 0.3) is 0 Å². The first-order valence-corrected chi connectivity index (χ1v) is 10.2. The first kappa shape index (κ1) is 21.2. The molecule has 4 nitrogen and oxygen atoms in total. The van der Waals surface area contributed by atoms with Gasteiger partial charge in [-0.2, -0.15) is 0 Å². The molecule has 1 aliphatic rings. The molecule has 0 aromatic heterocycles. The lowest BCUT2D eigenvalue weighted by Gasteiger charge is -2.38. The van der Waals surface area contributed by atoms with Crippen molar-refractivity contribution in [2.45, 2.75) is 84.2 Å². The Balaban J connectivity index is 2.11. The Bertz CT molecular complexity index is 585. The third-order valence-electron chi connectivity index (χ3n) is 5.83. The summed E-state index contributed by atoms with van der Waals surface area (Å²) in [6.45, 7) is 9.83. The van der Waals surface area contributed by atoms with Crippen LogP contribution in [0.5, 0.6) is 0 Å². The first-order chi connectivity index (χ1) is 12.4. The van der Waals surface area contributed by atoms with Crippen molar-refractivity contribution in [2.24, 2.45) is 0 Å². The second-order valence-corrected chi connectivity index (χ2v) is 7.90. The van der Waals surface area contributed by atoms with Crippen molar-refractivity contribution >= 4 is 17.5 Å². The van der Waals surface area contributed by atoms with Crippen LogP contribution in [0.15, 0.2) is 24.3 Å². The highest BCUT2D eigenvalue weighted by Crippen LogP contribution is 2.27. The lowest BCUT2D eigenvalue weighted by molar-refractivity contribution is -0.131. The standard InChI is InChI=1S/C21H33ClN2O2/c1-5-15(3)23(16(4)6-2)14-20(25)19-11-12-21(26)24(19)13-17-9-7-8-10-18(17)22/h7-10,15-16,19-20,25H,5-6,11-14H2,1-4H3/t15-,16-,19+,20-/m0/s1. The second kappa shape index (κ2) is 9.72. The molecule has 1 fully saturated rings. The van der Waals surface area contributed by atoms with Gasteiger partial charge in [0.15, 0.2) is 0 Å². The molecule has 1 aromatic carbocycles. The molecule has 0 spiro atoms. The van der Waals surface area contributed by atoms with Crippen molar-refractivity contribution in [2.75, 3.05) is 6.54 Å². The number of hydrogen-bond donors (Lipinski definition) is 1. The van der Waals surface area contributed by atoms with Gasteiger partial charge in [-0.3, -0.25) is 9.69 Å². The number of likely N-dealkylation sites (tertiary alicyclic amines) is 1. The first-order valence-electron chi connectivity index (χ1n) is 9.85. The number of carbonyl (C=O) groups is 1. The lowest BCUT2D eigenvalue weighted by atomic mass is 10.0. The molecule has 1 saturated heterocycles. The van der Waals surface area contributed by atoms with Gasteiger partial charge in [0.25, 0.3) is 0 Å². The number of aliphatic hydroxyl groups is 1. The highest BCUT2D eigenvalue weighted by Gasteiger charge is 2.37. The van der Waals surface area contributed by atoms with Crippen molar-refractivity contribution in [1.29, 1.82) is 0 Å². The Morgan fingerprint density at radius 1 is 1.23 bits per heavy atom. The van der Waals surface area contributed by atoms with Crippen LogP contribution in [0.3, 0.4) is 0 Å². The van der Waals surface area contributed by atoms with E-state index < -0.39 is 6.10 Å².